The molecular formula is C19H24O. The van der Waals surface area contributed by atoms with Gasteiger partial charge in [-0.15, -0.1) is 0 Å². The maximum Gasteiger partial charge on any atom is 0.166 e. The van der Waals surface area contributed by atoms with Crippen molar-refractivity contribution in [3.8, 4) is 0 Å². The van der Waals surface area contributed by atoms with Gasteiger partial charge in [0.1, 0.15) is 0 Å². The van der Waals surface area contributed by atoms with Crippen molar-refractivity contribution in [1.29, 1.82) is 0 Å². The molecule has 0 N–H and O–H groups in total. The standard InChI is InChI=1S/C19H24O/c1-4-8-15(9-5-2)19(20)18-13-12-14(3)16-10-6-7-11-17(16)18/h6-7,10-13,15H,4-5,8-9H2,1-3H3. The Bertz CT molecular complexity index is 592. The Kier molecular flexibility index (Phi) is 4.94. The number of carbonyl (C=O) groups is 1. The second-order valence-electron chi connectivity index (χ2n) is 5.61. The van der Waals surface area contributed by atoms with Crippen LogP contribution in [-0.2, 0) is 0 Å². The number of benzene rings is 2. The molecule has 1 heteroatoms. The molecule has 2 rings (SSSR count). The predicted octanol–water partition coefficient (Wildman–Crippen LogP) is 5.55. The summed E-state index contributed by atoms with van der Waals surface area (Å²) in [6.07, 6.45) is 4.13. The van der Waals surface area contributed by atoms with Crippen LogP contribution in [-0.4, -0.2) is 5.78 Å². The van der Waals surface area contributed by atoms with Crippen molar-refractivity contribution in [1.82, 2.24) is 0 Å². The van der Waals surface area contributed by atoms with E-state index in [0.29, 0.717) is 5.78 Å². The minimum absolute atomic E-state index is 0.177. The van der Waals surface area contributed by atoms with Gasteiger partial charge in [0.05, 0.1) is 0 Å². The highest BCUT2D eigenvalue weighted by Crippen LogP contribution is 2.27. The van der Waals surface area contributed by atoms with E-state index in [2.05, 4.69) is 39.0 Å². The van der Waals surface area contributed by atoms with Crippen LogP contribution in [0, 0.1) is 12.8 Å². The fourth-order valence-corrected chi connectivity index (χ4v) is 2.99. The molecule has 0 unspecified atom stereocenters. The smallest absolute Gasteiger partial charge is 0.166 e. The van der Waals surface area contributed by atoms with E-state index in [1.165, 1.54) is 10.9 Å². The number of aryl methyl sites for hydroxylation is 1. The second-order valence-corrected chi connectivity index (χ2v) is 5.61. The fourth-order valence-electron chi connectivity index (χ4n) is 2.99. The summed E-state index contributed by atoms with van der Waals surface area (Å²) in [5.41, 5.74) is 2.14. The molecule has 0 amide bonds. The van der Waals surface area contributed by atoms with Gasteiger partial charge in [0.15, 0.2) is 5.78 Å². The molecular weight excluding hydrogens is 244 g/mol. The van der Waals surface area contributed by atoms with Crippen LogP contribution in [0.15, 0.2) is 36.4 Å². The van der Waals surface area contributed by atoms with Gasteiger partial charge in [-0.2, -0.15) is 0 Å². The lowest BCUT2D eigenvalue weighted by Gasteiger charge is -2.16. The lowest BCUT2D eigenvalue weighted by molar-refractivity contribution is 0.0906. The Morgan fingerprint density at radius 3 is 2.15 bits per heavy atom. The Balaban J connectivity index is 2.46. The average Bonchev–Trinajstić information content (AvgIpc) is 2.47. The van der Waals surface area contributed by atoms with Crippen molar-refractivity contribution in [2.75, 3.05) is 0 Å². The minimum Gasteiger partial charge on any atom is -0.294 e. The maximum atomic E-state index is 12.9. The highest BCUT2D eigenvalue weighted by Gasteiger charge is 2.20. The second kappa shape index (κ2) is 6.69. The molecule has 0 saturated carbocycles. The maximum absolute atomic E-state index is 12.9. The van der Waals surface area contributed by atoms with Gasteiger partial charge in [0.2, 0.25) is 0 Å². The van der Waals surface area contributed by atoms with Gasteiger partial charge in [-0.05, 0) is 36.1 Å². The van der Waals surface area contributed by atoms with E-state index < -0.39 is 0 Å². The van der Waals surface area contributed by atoms with Crippen molar-refractivity contribution in [3.05, 3.63) is 47.5 Å². The number of carbonyl (C=O) groups excluding carboxylic acids is 1. The number of rotatable bonds is 6. The summed E-state index contributed by atoms with van der Waals surface area (Å²) >= 11 is 0. The zero-order chi connectivity index (χ0) is 14.5. The Morgan fingerprint density at radius 1 is 0.950 bits per heavy atom. The summed E-state index contributed by atoms with van der Waals surface area (Å²) in [6, 6.07) is 12.3. The highest BCUT2D eigenvalue weighted by atomic mass is 16.1. The third kappa shape index (κ3) is 2.92. The van der Waals surface area contributed by atoms with Gasteiger partial charge >= 0.3 is 0 Å². The van der Waals surface area contributed by atoms with Crippen LogP contribution in [0.5, 0.6) is 0 Å². The molecule has 0 aliphatic rings. The molecule has 0 radical (unpaired) electrons. The summed E-state index contributed by atoms with van der Waals surface area (Å²) in [6.45, 7) is 6.42. The van der Waals surface area contributed by atoms with Crippen LogP contribution in [0.4, 0.5) is 0 Å². The molecule has 20 heavy (non-hydrogen) atoms. The van der Waals surface area contributed by atoms with Crippen molar-refractivity contribution < 1.29 is 4.79 Å². The Morgan fingerprint density at radius 2 is 1.55 bits per heavy atom. The van der Waals surface area contributed by atoms with E-state index >= 15 is 0 Å². The summed E-state index contributed by atoms with van der Waals surface area (Å²) in [5, 5.41) is 2.31. The topological polar surface area (TPSA) is 17.1 Å². The first-order valence-corrected chi connectivity index (χ1v) is 7.71. The van der Waals surface area contributed by atoms with Gasteiger partial charge in [0, 0.05) is 11.5 Å². The van der Waals surface area contributed by atoms with Gasteiger partial charge in [-0.3, -0.25) is 4.79 Å². The van der Waals surface area contributed by atoms with E-state index in [1.807, 2.05) is 18.2 Å². The van der Waals surface area contributed by atoms with Crippen LogP contribution < -0.4 is 0 Å². The molecule has 0 aliphatic carbocycles. The summed E-state index contributed by atoms with van der Waals surface area (Å²) < 4.78 is 0. The molecule has 0 aromatic heterocycles. The number of hydrogen-bond acceptors (Lipinski definition) is 1. The zero-order valence-electron chi connectivity index (χ0n) is 12.8. The quantitative estimate of drug-likeness (QED) is 0.628. The molecule has 0 saturated heterocycles. The third-order valence-electron chi connectivity index (χ3n) is 4.05. The Labute approximate surface area is 122 Å². The van der Waals surface area contributed by atoms with Crippen LogP contribution in [0.25, 0.3) is 10.8 Å². The van der Waals surface area contributed by atoms with Crippen LogP contribution in [0.2, 0.25) is 0 Å². The summed E-state index contributed by atoms with van der Waals surface area (Å²) in [4.78, 5) is 12.9. The van der Waals surface area contributed by atoms with Gasteiger partial charge in [-0.1, -0.05) is 63.1 Å². The van der Waals surface area contributed by atoms with Gasteiger partial charge in [-0.25, -0.2) is 0 Å². The number of fused-ring (bicyclic) bond motifs is 1. The first kappa shape index (κ1) is 14.8. The largest absolute Gasteiger partial charge is 0.294 e. The minimum atomic E-state index is 0.177. The number of Topliss-reactive ketones (excluding diaryl/α,β-unsaturated/α-hetero) is 1. The van der Waals surface area contributed by atoms with Crippen molar-refractivity contribution in [3.63, 3.8) is 0 Å². The monoisotopic (exact) mass is 268 g/mol. The molecule has 0 atom stereocenters. The molecule has 0 spiro atoms. The van der Waals surface area contributed by atoms with E-state index in [4.69, 9.17) is 0 Å². The van der Waals surface area contributed by atoms with Gasteiger partial charge < -0.3 is 0 Å². The molecule has 2 aromatic carbocycles. The van der Waals surface area contributed by atoms with Crippen LogP contribution in [0.3, 0.4) is 0 Å². The van der Waals surface area contributed by atoms with Crippen molar-refractivity contribution in [2.24, 2.45) is 5.92 Å². The number of ketones is 1. The average molecular weight is 268 g/mol. The van der Waals surface area contributed by atoms with Gasteiger partial charge in [0.25, 0.3) is 0 Å². The van der Waals surface area contributed by atoms with E-state index in [0.717, 1.165) is 36.6 Å². The first-order valence-electron chi connectivity index (χ1n) is 7.71. The fraction of sp³-hybridized carbons (Fsp3) is 0.421. The summed E-state index contributed by atoms with van der Waals surface area (Å²) in [5.74, 6) is 0.501. The summed E-state index contributed by atoms with van der Waals surface area (Å²) in [7, 11) is 0. The molecule has 1 nitrogen and oxygen atoms in total. The lowest BCUT2D eigenvalue weighted by Crippen LogP contribution is -2.15. The molecule has 0 fully saturated rings. The number of hydrogen-bond donors (Lipinski definition) is 0. The molecule has 0 aliphatic heterocycles. The normalized spacial score (nSPS) is 11.2. The van der Waals surface area contributed by atoms with E-state index in [9.17, 15) is 4.79 Å². The van der Waals surface area contributed by atoms with E-state index in [-0.39, 0.29) is 5.92 Å². The Hall–Kier alpha value is -1.63. The zero-order valence-corrected chi connectivity index (χ0v) is 12.8. The molecule has 0 heterocycles. The molecule has 2 aromatic rings. The third-order valence-corrected chi connectivity index (χ3v) is 4.05. The van der Waals surface area contributed by atoms with Crippen molar-refractivity contribution in [2.45, 2.75) is 46.5 Å². The molecule has 0 bridgehead atoms. The predicted molar refractivity (Wildman–Crippen MR) is 86.3 cm³/mol. The van der Waals surface area contributed by atoms with E-state index in [1.54, 1.807) is 0 Å². The SMILES string of the molecule is CCCC(CCC)C(=O)c1ccc(C)c2ccccc12. The molecule has 106 valence electrons. The van der Waals surface area contributed by atoms with Crippen LogP contribution >= 0.6 is 0 Å². The van der Waals surface area contributed by atoms with Crippen LogP contribution in [0.1, 0.15) is 55.5 Å². The van der Waals surface area contributed by atoms with Crippen molar-refractivity contribution >= 4 is 16.6 Å². The lowest BCUT2D eigenvalue weighted by atomic mass is 9.87. The first-order chi connectivity index (χ1) is 9.69. The highest BCUT2D eigenvalue weighted by molar-refractivity contribution is 6.09.